The van der Waals surface area contributed by atoms with Crippen LogP contribution in [-0.4, -0.2) is 62.9 Å². The van der Waals surface area contributed by atoms with Crippen LogP contribution in [0.1, 0.15) is 222 Å². The first-order chi connectivity index (χ1) is 42.8. The van der Waals surface area contributed by atoms with Gasteiger partial charge < -0.3 is 14.2 Å². The van der Waals surface area contributed by atoms with Crippen molar-refractivity contribution in [2.24, 2.45) is 5.41 Å². The number of nitrogens with zero attached hydrogens (tertiary/aromatic N) is 9. The molecule has 0 radical (unpaired) electrons. The molecule has 15 rings (SSSR count). The lowest BCUT2D eigenvalue weighted by Crippen LogP contribution is -2.38. The number of ether oxygens (including phenoxy) is 3. The molecule has 9 heterocycles. The van der Waals surface area contributed by atoms with Gasteiger partial charge in [-0.1, -0.05) is 145 Å². The Morgan fingerprint density at radius 3 is 0.870 bits per heavy atom. The maximum atomic E-state index is 7.56. The summed E-state index contributed by atoms with van der Waals surface area (Å²) in [5.74, 6) is 2.16. The average Bonchev–Trinajstić information content (AvgIpc) is 1.54. The fourth-order valence-corrected chi connectivity index (χ4v) is 17.9. The van der Waals surface area contributed by atoms with E-state index in [9.17, 15) is 0 Å². The van der Waals surface area contributed by atoms with Crippen molar-refractivity contribution in [1.29, 1.82) is 0 Å². The van der Waals surface area contributed by atoms with Gasteiger partial charge >= 0.3 is 0 Å². The van der Waals surface area contributed by atoms with E-state index in [0.717, 1.165) is 136 Å². The summed E-state index contributed by atoms with van der Waals surface area (Å²) in [6.45, 7) is 52.0. The van der Waals surface area contributed by atoms with Gasteiger partial charge in [-0.15, -0.1) is 0 Å². The molecular weight excluding hydrogens is 1130 g/mol. The van der Waals surface area contributed by atoms with E-state index in [0.29, 0.717) is 0 Å². The summed E-state index contributed by atoms with van der Waals surface area (Å²) in [4.78, 5) is 32.3. The Kier molecular flexibility index (Phi) is 12.4. The number of aromatic nitrogens is 9. The summed E-state index contributed by atoms with van der Waals surface area (Å²) in [6, 6.07) is 26.5. The molecule has 476 valence electrons. The molecule has 0 spiro atoms. The third-order valence-corrected chi connectivity index (χ3v) is 21.3. The Hall–Kier alpha value is -7.86. The number of imidazole rings is 3. The molecule has 92 heavy (non-hydrogen) atoms. The molecule has 12 nitrogen and oxygen atoms in total. The highest BCUT2D eigenvalue weighted by molar-refractivity contribution is 6.04. The van der Waals surface area contributed by atoms with E-state index >= 15 is 0 Å². The number of hydrogen-bond acceptors (Lipinski definition) is 9. The summed E-state index contributed by atoms with van der Waals surface area (Å²) < 4.78 is 30.0. The van der Waals surface area contributed by atoms with E-state index in [1.54, 1.807) is 0 Å². The Balaban J connectivity index is 0.927. The minimum atomic E-state index is -0.812. The SMILES string of the molecule is CC(COc1cc(C(C)(C)C)cc2c1nc1c3cccnc3c3c(n21)C(C)(C)CC3(C)C)(COc1cc(C(C)(C)C)cc2c1nc1c3cccnc3c3c(n21)C(C)(C)CC3(C)C)COc1cc(C(C)(C)C)cc2c1nc1c3cccnc3c3c(n21)C(C)(C)CC3(C)C. The first-order valence-electron chi connectivity index (χ1n) is 33.5. The number of pyridine rings is 6. The minimum Gasteiger partial charge on any atom is -0.490 e. The first-order valence-corrected chi connectivity index (χ1v) is 33.5. The highest BCUT2D eigenvalue weighted by Crippen LogP contribution is 2.57. The van der Waals surface area contributed by atoms with Crippen molar-refractivity contribution in [2.45, 2.75) is 220 Å². The second kappa shape index (κ2) is 18.9. The molecule has 9 aromatic heterocycles. The van der Waals surface area contributed by atoms with Gasteiger partial charge in [-0.2, -0.15) is 0 Å². The smallest absolute Gasteiger partial charge is 0.147 e. The molecule has 0 N–H and O–H groups in total. The van der Waals surface area contributed by atoms with Gasteiger partial charge in [0, 0.05) is 84.8 Å². The van der Waals surface area contributed by atoms with Gasteiger partial charge in [0.15, 0.2) is 0 Å². The van der Waals surface area contributed by atoms with E-state index in [-0.39, 0.29) is 68.6 Å². The standard InChI is InChI=1S/C80H93N9O3/c1-71(2,3)44-32-50-62(84-68-47-26-23-29-81-59(47)56-65(87(50)68)77(16,17)38-74(56,10)11)53(35-44)90-41-80(22,42-91-54-36-45(72(4,5)6)33-51-63(54)85-69-48-27-24-30-82-60(48)57-66(88(51)69)78(18,19)39-75(57,12)13)43-92-55-37-46(73(7,8)9)34-52-64(55)86-70-49-28-25-31-83-61(49)58-67(89(52)70)79(20,21)40-76(58,14)15/h23-37H,38-43H2,1-22H3. The van der Waals surface area contributed by atoms with E-state index in [4.69, 9.17) is 44.1 Å². The molecule has 0 unspecified atom stereocenters. The summed E-state index contributed by atoms with van der Waals surface area (Å²) in [6.07, 6.45) is 8.74. The van der Waals surface area contributed by atoms with Crippen LogP contribution in [0.4, 0.5) is 0 Å². The maximum Gasteiger partial charge on any atom is 0.147 e. The van der Waals surface area contributed by atoms with Crippen molar-refractivity contribution in [3.05, 3.63) is 142 Å². The van der Waals surface area contributed by atoms with Crippen LogP contribution < -0.4 is 14.2 Å². The van der Waals surface area contributed by atoms with Crippen LogP contribution in [-0.2, 0) is 48.7 Å². The van der Waals surface area contributed by atoms with Crippen molar-refractivity contribution in [3.8, 4) is 17.2 Å². The topological polar surface area (TPSA) is 118 Å². The van der Waals surface area contributed by atoms with Crippen molar-refractivity contribution in [2.75, 3.05) is 19.8 Å². The molecular formula is C80H93N9O3. The second-order valence-corrected chi connectivity index (χ2v) is 35.5. The molecule has 0 saturated heterocycles. The Labute approximate surface area is 541 Å². The highest BCUT2D eigenvalue weighted by atomic mass is 16.5. The lowest BCUT2D eigenvalue weighted by atomic mass is 9.82. The summed E-state index contributed by atoms with van der Waals surface area (Å²) in [5, 5.41) is 3.12. The number of rotatable bonds is 9. The fraction of sp³-hybridized carbons (Fsp3) is 0.475. The Morgan fingerprint density at radius 1 is 0.359 bits per heavy atom. The van der Waals surface area contributed by atoms with Crippen molar-refractivity contribution in [3.63, 3.8) is 0 Å². The van der Waals surface area contributed by atoms with Crippen LogP contribution in [0.2, 0.25) is 0 Å². The number of fused-ring (bicyclic) bond motifs is 24. The number of hydrogen-bond donors (Lipinski definition) is 0. The van der Waals surface area contributed by atoms with Crippen molar-refractivity contribution < 1.29 is 14.2 Å². The summed E-state index contributed by atoms with van der Waals surface area (Å²) >= 11 is 0. The van der Waals surface area contributed by atoms with Crippen molar-refractivity contribution >= 4 is 82.8 Å². The third kappa shape index (κ3) is 8.85. The quantitative estimate of drug-likeness (QED) is 0.139. The Bertz CT molecular complexity index is 4670. The van der Waals surface area contributed by atoms with Gasteiger partial charge in [-0.25, -0.2) is 15.0 Å². The molecule has 0 amide bonds. The molecule has 0 atom stereocenters. The molecule has 3 aromatic carbocycles. The van der Waals surface area contributed by atoms with Gasteiger partial charge in [0.1, 0.15) is 70.6 Å². The van der Waals surface area contributed by atoms with E-state index in [1.165, 1.54) is 33.8 Å². The van der Waals surface area contributed by atoms with E-state index in [1.807, 2.05) is 36.8 Å². The minimum absolute atomic E-state index is 0.112. The molecule has 0 bridgehead atoms. The predicted octanol–water partition coefficient (Wildman–Crippen LogP) is 19.0. The lowest BCUT2D eigenvalue weighted by Gasteiger charge is -2.31. The van der Waals surface area contributed by atoms with Crippen LogP contribution >= 0.6 is 0 Å². The molecule has 0 saturated carbocycles. The van der Waals surface area contributed by atoms with Crippen LogP contribution in [0.3, 0.4) is 0 Å². The van der Waals surface area contributed by atoms with Gasteiger partial charge in [0.2, 0.25) is 0 Å². The summed E-state index contributed by atoms with van der Waals surface area (Å²) in [7, 11) is 0. The van der Waals surface area contributed by atoms with Gasteiger partial charge in [-0.05, 0) is 148 Å². The van der Waals surface area contributed by atoms with Gasteiger partial charge in [0.25, 0.3) is 0 Å². The van der Waals surface area contributed by atoms with Crippen molar-refractivity contribution in [1.82, 2.24) is 43.1 Å². The van der Waals surface area contributed by atoms with E-state index < -0.39 is 5.41 Å². The molecule has 3 aliphatic rings. The summed E-state index contributed by atoms with van der Waals surface area (Å²) in [5.41, 5.74) is 20.2. The predicted molar refractivity (Wildman–Crippen MR) is 377 cm³/mol. The zero-order chi connectivity index (χ0) is 65.5. The molecule has 0 fully saturated rings. The van der Waals surface area contributed by atoms with Gasteiger partial charge in [-0.3, -0.25) is 28.2 Å². The zero-order valence-corrected chi connectivity index (χ0v) is 58.7. The molecule has 3 aliphatic carbocycles. The first kappa shape index (κ1) is 60.4. The average molecular weight is 1230 g/mol. The number of benzene rings is 3. The second-order valence-electron chi connectivity index (χ2n) is 35.5. The zero-order valence-electron chi connectivity index (χ0n) is 58.7. The fourth-order valence-electron chi connectivity index (χ4n) is 17.9. The monoisotopic (exact) mass is 1230 g/mol. The third-order valence-electron chi connectivity index (χ3n) is 21.3. The molecule has 12 heteroatoms. The van der Waals surface area contributed by atoms with Crippen LogP contribution in [0.15, 0.2) is 91.4 Å². The normalized spacial score (nSPS) is 18.2. The van der Waals surface area contributed by atoms with Crippen LogP contribution in [0, 0.1) is 5.41 Å². The van der Waals surface area contributed by atoms with E-state index in [2.05, 4.69) is 220 Å². The maximum absolute atomic E-state index is 7.56. The molecule has 0 aliphatic heterocycles. The van der Waals surface area contributed by atoms with Gasteiger partial charge in [0.05, 0.1) is 38.5 Å². The Morgan fingerprint density at radius 2 is 0.620 bits per heavy atom. The lowest BCUT2D eigenvalue weighted by molar-refractivity contribution is 0.0486. The molecule has 12 aromatic rings. The largest absolute Gasteiger partial charge is 0.490 e. The van der Waals surface area contributed by atoms with Crippen LogP contribution in [0.5, 0.6) is 17.2 Å². The highest BCUT2D eigenvalue weighted by Gasteiger charge is 2.50. The van der Waals surface area contributed by atoms with Crippen LogP contribution in [0.25, 0.3) is 82.8 Å².